The van der Waals surface area contributed by atoms with E-state index in [1.165, 1.54) is 6.07 Å². The number of carbonyl (C=O) groups is 3. The monoisotopic (exact) mass is 280 g/mol. The molecule has 7 nitrogen and oxygen atoms in total. The number of carbonyl (C=O) groups excluding carboxylic acids is 2. The van der Waals surface area contributed by atoms with E-state index >= 15 is 0 Å². The highest BCUT2D eigenvalue weighted by Gasteiger charge is 2.24. The molecule has 1 aromatic carbocycles. The van der Waals surface area contributed by atoms with E-state index in [9.17, 15) is 14.4 Å². The van der Waals surface area contributed by atoms with Crippen molar-refractivity contribution in [1.82, 2.24) is 5.32 Å². The van der Waals surface area contributed by atoms with Gasteiger partial charge in [0.1, 0.15) is 11.8 Å². The number of nitrogens with two attached hydrogens (primary N) is 1. The average Bonchev–Trinajstić information content (AvgIpc) is 2.38. The summed E-state index contributed by atoms with van der Waals surface area (Å²) < 4.78 is 5.28. The van der Waals surface area contributed by atoms with Crippen molar-refractivity contribution in [3.8, 4) is 5.75 Å². The van der Waals surface area contributed by atoms with Crippen molar-refractivity contribution in [1.29, 1.82) is 0 Å². The van der Waals surface area contributed by atoms with E-state index in [0.29, 0.717) is 12.4 Å². The van der Waals surface area contributed by atoms with Gasteiger partial charge in [-0.05, 0) is 19.1 Å². The van der Waals surface area contributed by atoms with Crippen LogP contribution >= 0.6 is 0 Å². The third-order valence-electron chi connectivity index (χ3n) is 2.44. The minimum absolute atomic E-state index is 0.199. The Hall–Kier alpha value is -2.57. The lowest BCUT2D eigenvalue weighted by atomic mass is 10.1. The predicted molar refractivity (Wildman–Crippen MR) is 70.3 cm³/mol. The number of nitrogens with one attached hydrogen (secondary N) is 1. The highest BCUT2D eigenvalue weighted by molar-refractivity contribution is 5.99. The Morgan fingerprint density at radius 1 is 1.35 bits per heavy atom. The molecule has 0 aromatic heterocycles. The maximum Gasteiger partial charge on any atom is 0.326 e. The standard InChI is InChI=1S/C13H16N2O5/c1-2-20-10-6-4-3-5-8(10)12(17)15-9(13(18)19)7-11(14)16/h3-6,9H,2,7H2,1H3,(H2,14,16)(H,15,17)(H,18,19). The minimum atomic E-state index is -1.37. The van der Waals surface area contributed by atoms with Gasteiger partial charge in [0.25, 0.3) is 5.91 Å². The van der Waals surface area contributed by atoms with Gasteiger partial charge in [-0.25, -0.2) is 4.79 Å². The van der Waals surface area contributed by atoms with Crippen molar-refractivity contribution >= 4 is 17.8 Å². The number of rotatable bonds is 7. The van der Waals surface area contributed by atoms with Crippen LogP contribution in [-0.2, 0) is 9.59 Å². The second-order valence-electron chi connectivity index (χ2n) is 3.96. The average molecular weight is 280 g/mol. The molecular formula is C13H16N2O5. The first-order chi connectivity index (χ1) is 9.45. The van der Waals surface area contributed by atoms with Gasteiger partial charge >= 0.3 is 5.97 Å². The van der Waals surface area contributed by atoms with Crippen LogP contribution in [0.5, 0.6) is 5.75 Å². The molecule has 0 heterocycles. The van der Waals surface area contributed by atoms with Crippen LogP contribution < -0.4 is 15.8 Å². The first-order valence-corrected chi connectivity index (χ1v) is 5.99. The second kappa shape index (κ2) is 7.13. The number of carboxylic acid groups (broad SMARTS) is 1. The number of amides is 2. The van der Waals surface area contributed by atoms with Gasteiger partial charge in [0, 0.05) is 0 Å². The SMILES string of the molecule is CCOc1ccccc1C(=O)NC(CC(N)=O)C(=O)O. The van der Waals surface area contributed by atoms with Crippen LogP contribution in [0, 0.1) is 0 Å². The zero-order chi connectivity index (χ0) is 15.1. The lowest BCUT2D eigenvalue weighted by molar-refractivity contribution is -0.140. The van der Waals surface area contributed by atoms with Crippen LogP contribution in [0.4, 0.5) is 0 Å². The smallest absolute Gasteiger partial charge is 0.326 e. The van der Waals surface area contributed by atoms with Gasteiger partial charge in [0.05, 0.1) is 18.6 Å². The van der Waals surface area contributed by atoms with E-state index in [0.717, 1.165) is 0 Å². The van der Waals surface area contributed by atoms with Crippen LogP contribution in [0.3, 0.4) is 0 Å². The number of ether oxygens (including phenoxy) is 1. The maximum absolute atomic E-state index is 12.0. The molecule has 2 amide bonds. The Balaban J connectivity index is 2.88. The van der Waals surface area contributed by atoms with E-state index in [1.807, 2.05) is 0 Å². The largest absolute Gasteiger partial charge is 0.493 e. The Bertz CT molecular complexity index is 515. The fraction of sp³-hybridized carbons (Fsp3) is 0.308. The minimum Gasteiger partial charge on any atom is -0.493 e. The number of hydrogen-bond acceptors (Lipinski definition) is 4. The summed E-state index contributed by atoms with van der Waals surface area (Å²) in [6.07, 6.45) is -0.474. The number of benzene rings is 1. The van der Waals surface area contributed by atoms with Crippen LogP contribution in [0.2, 0.25) is 0 Å². The molecule has 0 aliphatic rings. The van der Waals surface area contributed by atoms with Gasteiger partial charge in [0.2, 0.25) is 5.91 Å². The topological polar surface area (TPSA) is 119 Å². The maximum atomic E-state index is 12.0. The molecule has 0 bridgehead atoms. The Kier molecular flexibility index (Phi) is 5.52. The molecule has 1 rings (SSSR count). The predicted octanol–water partition coefficient (Wildman–Crippen LogP) is 0.144. The summed E-state index contributed by atoms with van der Waals surface area (Å²) in [7, 11) is 0. The molecule has 108 valence electrons. The molecule has 20 heavy (non-hydrogen) atoms. The molecule has 0 spiro atoms. The number of primary amides is 1. The summed E-state index contributed by atoms with van der Waals surface area (Å²) in [5.74, 6) is -2.43. The normalized spacial score (nSPS) is 11.4. The van der Waals surface area contributed by atoms with Crippen molar-refractivity contribution in [2.75, 3.05) is 6.61 Å². The summed E-state index contributed by atoms with van der Waals surface area (Å²) in [5, 5.41) is 11.2. The zero-order valence-electron chi connectivity index (χ0n) is 11.0. The van der Waals surface area contributed by atoms with Gasteiger partial charge in [0.15, 0.2) is 0 Å². The third-order valence-corrected chi connectivity index (χ3v) is 2.44. The fourth-order valence-electron chi connectivity index (χ4n) is 1.57. The summed E-state index contributed by atoms with van der Waals surface area (Å²) >= 11 is 0. The molecule has 0 saturated heterocycles. The summed E-state index contributed by atoms with van der Waals surface area (Å²) in [6, 6.07) is 5.06. The number of para-hydroxylation sites is 1. The molecule has 0 fully saturated rings. The molecular weight excluding hydrogens is 264 g/mol. The van der Waals surface area contributed by atoms with Crippen LogP contribution in [0.1, 0.15) is 23.7 Å². The first-order valence-electron chi connectivity index (χ1n) is 5.99. The second-order valence-corrected chi connectivity index (χ2v) is 3.96. The van der Waals surface area contributed by atoms with Crippen molar-refractivity contribution < 1.29 is 24.2 Å². The lowest BCUT2D eigenvalue weighted by Crippen LogP contribution is -2.43. The summed E-state index contributed by atoms with van der Waals surface area (Å²) in [4.78, 5) is 33.8. The third kappa shape index (κ3) is 4.27. The summed E-state index contributed by atoms with van der Waals surface area (Å²) in [6.45, 7) is 2.13. The van der Waals surface area contributed by atoms with Gasteiger partial charge in [-0.2, -0.15) is 0 Å². The lowest BCUT2D eigenvalue weighted by Gasteiger charge is -2.14. The van der Waals surface area contributed by atoms with E-state index in [-0.39, 0.29) is 5.56 Å². The molecule has 0 saturated carbocycles. The highest BCUT2D eigenvalue weighted by Crippen LogP contribution is 2.17. The molecule has 1 atom stereocenters. The molecule has 0 radical (unpaired) electrons. The van der Waals surface area contributed by atoms with E-state index < -0.39 is 30.2 Å². The Labute approximate surface area is 115 Å². The molecule has 0 aliphatic heterocycles. The van der Waals surface area contributed by atoms with Crippen molar-refractivity contribution in [2.24, 2.45) is 5.73 Å². The number of hydrogen-bond donors (Lipinski definition) is 3. The van der Waals surface area contributed by atoms with Gasteiger partial charge < -0.3 is 20.9 Å². The van der Waals surface area contributed by atoms with Gasteiger partial charge in [-0.3, -0.25) is 9.59 Å². The molecule has 1 unspecified atom stereocenters. The van der Waals surface area contributed by atoms with Crippen LogP contribution in [0.25, 0.3) is 0 Å². The Morgan fingerprint density at radius 3 is 2.55 bits per heavy atom. The quantitative estimate of drug-likeness (QED) is 0.656. The van der Waals surface area contributed by atoms with Crippen LogP contribution in [-0.4, -0.2) is 35.5 Å². The summed E-state index contributed by atoms with van der Waals surface area (Å²) in [5.41, 5.74) is 5.14. The first kappa shape index (κ1) is 15.5. The molecule has 1 aromatic rings. The highest BCUT2D eigenvalue weighted by atomic mass is 16.5. The Morgan fingerprint density at radius 2 is 2.00 bits per heavy atom. The number of aliphatic carboxylic acids is 1. The van der Waals surface area contributed by atoms with Gasteiger partial charge in [-0.15, -0.1) is 0 Å². The van der Waals surface area contributed by atoms with Gasteiger partial charge in [-0.1, -0.05) is 12.1 Å². The fourth-order valence-corrected chi connectivity index (χ4v) is 1.57. The van der Waals surface area contributed by atoms with Crippen molar-refractivity contribution in [2.45, 2.75) is 19.4 Å². The van der Waals surface area contributed by atoms with Crippen LogP contribution in [0.15, 0.2) is 24.3 Å². The van der Waals surface area contributed by atoms with E-state index in [2.05, 4.69) is 5.32 Å². The zero-order valence-corrected chi connectivity index (χ0v) is 11.0. The van der Waals surface area contributed by atoms with E-state index in [1.54, 1.807) is 25.1 Å². The molecule has 4 N–H and O–H groups in total. The van der Waals surface area contributed by atoms with E-state index in [4.69, 9.17) is 15.6 Å². The number of carboxylic acids is 1. The van der Waals surface area contributed by atoms with Crippen molar-refractivity contribution in [3.05, 3.63) is 29.8 Å². The van der Waals surface area contributed by atoms with Crippen molar-refractivity contribution in [3.63, 3.8) is 0 Å². The molecule has 0 aliphatic carbocycles. The molecule has 7 heteroatoms.